The fourth-order valence-electron chi connectivity index (χ4n) is 2.76. The van der Waals surface area contributed by atoms with Crippen molar-refractivity contribution < 1.29 is 36.2 Å². The number of nitrogen functional groups attached to an aromatic ring is 1. The first-order valence-corrected chi connectivity index (χ1v) is 10.6. The van der Waals surface area contributed by atoms with Gasteiger partial charge in [0, 0.05) is 6.20 Å². The monoisotopic (exact) mass is 461 g/mol. The Kier molecular flexibility index (Phi) is 7.49. The molecule has 1 aromatic heterocycles. The number of amides is 1. The van der Waals surface area contributed by atoms with Gasteiger partial charge in [-0.25, -0.2) is 13.4 Å². The Bertz CT molecular complexity index is 1030. The van der Waals surface area contributed by atoms with Crippen LogP contribution in [0, 0.1) is 5.92 Å². The van der Waals surface area contributed by atoms with Crippen LogP contribution in [0.25, 0.3) is 0 Å². The maximum Gasteiger partial charge on any atom is 0.573 e. The predicted octanol–water partition coefficient (Wildman–Crippen LogP) is 2.53. The summed E-state index contributed by atoms with van der Waals surface area (Å²) in [5, 5.41) is 12.0. The quantitative estimate of drug-likeness (QED) is 0.550. The number of sulfone groups is 1. The Hall–Kier alpha value is -2.86. The van der Waals surface area contributed by atoms with Crippen LogP contribution in [0.1, 0.15) is 30.8 Å². The molecule has 170 valence electrons. The minimum atomic E-state index is -4.90. The van der Waals surface area contributed by atoms with Gasteiger partial charge < -0.3 is 20.9 Å². The maximum absolute atomic E-state index is 12.7. The lowest BCUT2D eigenvalue weighted by Gasteiger charge is -2.18. The fraction of sp³-hybridized carbons (Fsp3) is 0.368. The number of carbonyl (C=O) groups excluding carboxylic acids is 1. The zero-order valence-corrected chi connectivity index (χ0v) is 17.5. The third-order valence-corrected chi connectivity index (χ3v) is 5.83. The fourth-order valence-corrected chi connectivity index (χ4v) is 4.00. The normalized spacial score (nSPS) is 13.1. The second-order valence-corrected chi connectivity index (χ2v) is 9.06. The van der Waals surface area contributed by atoms with Gasteiger partial charge in [-0.3, -0.25) is 4.79 Å². The number of nitrogens with one attached hydrogen (secondary N) is 1. The molecule has 1 amide bonds. The Balaban J connectivity index is 2.24. The van der Waals surface area contributed by atoms with Crippen molar-refractivity contribution in [3.05, 3.63) is 42.2 Å². The molecule has 0 bridgehead atoms. The van der Waals surface area contributed by atoms with E-state index in [9.17, 15) is 31.5 Å². The number of nitrogens with zero attached hydrogens (tertiary/aromatic N) is 1. The lowest BCUT2D eigenvalue weighted by molar-refractivity contribution is -0.274. The number of carbonyl (C=O) groups is 1. The molecule has 0 saturated carbocycles. The number of alkyl halides is 3. The first-order chi connectivity index (χ1) is 14.3. The van der Waals surface area contributed by atoms with Gasteiger partial charge >= 0.3 is 6.36 Å². The molecule has 1 atom stereocenters. The molecular formula is C19H22F3N3O5S. The van der Waals surface area contributed by atoms with Crippen LogP contribution in [0.2, 0.25) is 0 Å². The van der Waals surface area contributed by atoms with Crippen LogP contribution in [0.4, 0.5) is 18.9 Å². The molecule has 0 aliphatic rings. The van der Waals surface area contributed by atoms with E-state index in [2.05, 4.69) is 15.0 Å². The number of aliphatic hydroxyl groups excluding tert-OH is 1. The van der Waals surface area contributed by atoms with Crippen molar-refractivity contribution in [2.24, 2.45) is 5.92 Å². The van der Waals surface area contributed by atoms with Crippen molar-refractivity contribution in [1.82, 2.24) is 10.3 Å². The summed E-state index contributed by atoms with van der Waals surface area (Å²) in [4.78, 5) is 15.6. The minimum Gasteiger partial charge on any atom is -0.406 e. The van der Waals surface area contributed by atoms with Gasteiger partial charge in [-0.2, -0.15) is 0 Å². The van der Waals surface area contributed by atoms with Crippen LogP contribution < -0.4 is 15.8 Å². The molecule has 1 aromatic carbocycles. The molecule has 0 fully saturated rings. The summed E-state index contributed by atoms with van der Waals surface area (Å²) in [5.74, 6) is -1.03. The molecule has 0 aliphatic carbocycles. The van der Waals surface area contributed by atoms with Crippen molar-refractivity contribution in [2.45, 2.75) is 42.5 Å². The molecule has 2 aromatic rings. The highest BCUT2D eigenvalue weighted by molar-refractivity contribution is 7.91. The Morgan fingerprint density at radius 3 is 2.32 bits per heavy atom. The predicted molar refractivity (Wildman–Crippen MR) is 105 cm³/mol. The van der Waals surface area contributed by atoms with Crippen LogP contribution in [0.3, 0.4) is 0 Å². The van der Waals surface area contributed by atoms with E-state index in [0.717, 1.165) is 36.5 Å². The third-order valence-electron chi connectivity index (χ3n) is 4.10. The smallest absolute Gasteiger partial charge is 0.406 e. The summed E-state index contributed by atoms with van der Waals surface area (Å²) in [6.45, 7) is 3.55. The van der Waals surface area contributed by atoms with Crippen LogP contribution >= 0.6 is 0 Å². The highest BCUT2D eigenvalue weighted by Crippen LogP contribution is 2.27. The average molecular weight is 461 g/mol. The van der Waals surface area contributed by atoms with Gasteiger partial charge in [0.2, 0.25) is 9.84 Å². The van der Waals surface area contributed by atoms with Gasteiger partial charge in [-0.05, 0) is 42.7 Å². The molecule has 0 spiro atoms. The summed E-state index contributed by atoms with van der Waals surface area (Å²) in [6, 6.07) is 4.14. The van der Waals surface area contributed by atoms with Gasteiger partial charge in [-0.15, -0.1) is 13.2 Å². The second kappa shape index (κ2) is 9.52. The van der Waals surface area contributed by atoms with E-state index in [4.69, 9.17) is 5.73 Å². The summed E-state index contributed by atoms with van der Waals surface area (Å²) in [5.41, 5.74) is 5.39. The largest absolute Gasteiger partial charge is 0.573 e. The van der Waals surface area contributed by atoms with Crippen LogP contribution in [0.5, 0.6) is 5.75 Å². The van der Waals surface area contributed by atoms with E-state index >= 15 is 0 Å². The van der Waals surface area contributed by atoms with E-state index in [0.29, 0.717) is 6.42 Å². The van der Waals surface area contributed by atoms with E-state index < -0.39 is 33.9 Å². The molecule has 0 radical (unpaired) electrons. The van der Waals surface area contributed by atoms with Crippen molar-refractivity contribution in [3.8, 4) is 5.75 Å². The number of halogens is 3. The molecule has 4 N–H and O–H groups in total. The number of rotatable bonds is 8. The van der Waals surface area contributed by atoms with E-state index in [1.807, 2.05) is 13.8 Å². The SMILES string of the molecule is CC(C)C[C@H](CO)NC(=O)c1ncc(S(=O)(=O)c2ccc(OC(F)(F)F)cc2)cc1N. The average Bonchev–Trinajstić information content (AvgIpc) is 2.66. The maximum atomic E-state index is 12.7. The van der Waals surface area contributed by atoms with Crippen LogP contribution in [-0.4, -0.2) is 43.4 Å². The highest BCUT2D eigenvalue weighted by Gasteiger charge is 2.31. The van der Waals surface area contributed by atoms with Gasteiger partial charge in [0.05, 0.1) is 28.1 Å². The summed E-state index contributed by atoms with van der Waals surface area (Å²) < 4.78 is 65.9. The number of hydrogen-bond acceptors (Lipinski definition) is 7. The molecular weight excluding hydrogens is 439 g/mol. The number of anilines is 1. The Labute approximate surface area is 177 Å². The van der Waals surface area contributed by atoms with Crippen molar-refractivity contribution in [2.75, 3.05) is 12.3 Å². The van der Waals surface area contributed by atoms with Gasteiger partial charge in [0.1, 0.15) is 5.75 Å². The first-order valence-electron chi connectivity index (χ1n) is 9.11. The van der Waals surface area contributed by atoms with E-state index in [1.54, 1.807) is 0 Å². The van der Waals surface area contributed by atoms with Gasteiger partial charge in [0.15, 0.2) is 5.69 Å². The van der Waals surface area contributed by atoms with Gasteiger partial charge in [-0.1, -0.05) is 13.8 Å². The molecule has 1 heterocycles. The van der Waals surface area contributed by atoms with Crippen LogP contribution in [-0.2, 0) is 9.84 Å². The van der Waals surface area contributed by atoms with Crippen LogP contribution in [0.15, 0.2) is 46.3 Å². The van der Waals surface area contributed by atoms with Crippen molar-refractivity contribution >= 4 is 21.4 Å². The Morgan fingerprint density at radius 2 is 1.84 bits per heavy atom. The van der Waals surface area contributed by atoms with Crippen molar-refractivity contribution in [3.63, 3.8) is 0 Å². The molecule has 0 saturated heterocycles. The van der Waals surface area contributed by atoms with Gasteiger partial charge in [0.25, 0.3) is 5.91 Å². The summed E-state index contributed by atoms with van der Waals surface area (Å²) in [7, 11) is -4.16. The standard InChI is InChI=1S/C19H22F3N3O5S/c1-11(2)7-12(10-26)25-18(27)17-16(23)8-15(9-24-17)31(28,29)14-5-3-13(4-6-14)30-19(20,21)22/h3-6,8-9,11-12,26H,7,10,23H2,1-2H3,(H,25,27)/t12-/m1/s1. The second-order valence-electron chi connectivity index (χ2n) is 7.11. The molecule has 2 rings (SSSR count). The molecule has 8 nitrogen and oxygen atoms in total. The first kappa shape index (κ1) is 24.4. The van der Waals surface area contributed by atoms with Crippen molar-refractivity contribution in [1.29, 1.82) is 0 Å². The number of benzene rings is 1. The third kappa shape index (κ3) is 6.56. The zero-order valence-electron chi connectivity index (χ0n) is 16.7. The highest BCUT2D eigenvalue weighted by atomic mass is 32.2. The van der Waals surface area contributed by atoms with E-state index in [-0.39, 0.29) is 33.7 Å². The molecule has 0 aliphatic heterocycles. The summed E-state index contributed by atoms with van der Waals surface area (Å²) in [6.07, 6.45) is -3.46. The number of aromatic nitrogens is 1. The lowest BCUT2D eigenvalue weighted by Crippen LogP contribution is -2.39. The minimum absolute atomic E-state index is 0.211. The molecule has 0 unspecified atom stereocenters. The number of nitrogens with two attached hydrogens (primary N) is 1. The summed E-state index contributed by atoms with van der Waals surface area (Å²) >= 11 is 0. The topological polar surface area (TPSA) is 132 Å². The van der Waals surface area contributed by atoms with E-state index in [1.165, 1.54) is 0 Å². The Morgan fingerprint density at radius 1 is 1.23 bits per heavy atom. The molecule has 31 heavy (non-hydrogen) atoms. The number of aliphatic hydroxyl groups is 1. The zero-order chi connectivity index (χ0) is 23.4. The number of ether oxygens (including phenoxy) is 1. The molecule has 12 heteroatoms. The number of pyridine rings is 1. The lowest BCUT2D eigenvalue weighted by atomic mass is 10.0. The number of hydrogen-bond donors (Lipinski definition) is 3.